The number of methoxy groups -OCH3 is 1. The van der Waals surface area contributed by atoms with E-state index in [2.05, 4.69) is 41.0 Å². The van der Waals surface area contributed by atoms with E-state index in [4.69, 9.17) is 4.99 Å². The number of unbranched alkanes of at least 4 members (excludes halogenated alkanes) is 3. The second-order valence-electron chi connectivity index (χ2n) is 7.05. The first-order valence-electron chi connectivity index (χ1n) is 9.92. The normalized spacial score (nSPS) is 16.3. The van der Waals surface area contributed by atoms with Gasteiger partial charge in [0, 0.05) is 44.7 Å². The Balaban J connectivity index is 0.00000625. The first-order chi connectivity index (χ1) is 12.1. The number of hydrogen-bond donors (Lipinski definition) is 2. The third-order valence-corrected chi connectivity index (χ3v) is 4.73. The van der Waals surface area contributed by atoms with Crippen LogP contribution in [-0.2, 0) is 9.53 Å². The summed E-state index contributed by atoms with van der Waals surface area (Å²) in [7, 11) is 1.44. The van der Waals surface area contributed by atoms with E-state index in [0.717, 1.165) is 57.8 Å². The van der Waals surface area contributed by atoms with E-state index in [9.17, 15) is 4.79 Å². The maximum absolute atomic E-state index is 11.0. The van der Waals surface area contributed by atoms with E-state index >= 15 is 0 Å². The number of likely N-dealkylation sites (tertiary alicyclic amines) is 1. The molecule has 26 heavy (non-hydrogen) atoms. The van der Waals surface area contributed by atoms with E-state index in [0.29, 0.717) is 18.5 Å². The quantitative estimate of drug-likeness (QED) is 0.165. The van der Waals surface area contributed by atoms with Gasteiger partial charge in [-0.1, -0.05) is 12.8 Å². The number of rotatable bonds is 10. The average molecular weight is 482 g/mol. The molecule has 0 bridgehead atoms. The Kier molecular flexibility index (Phi) is 15.1. The second kappa shape index (κ2) is 15.5. The molecular formula is C19H39IN4O2. The van der Waals surface area contributed by atoms with Crippen LogP contribution in [0.2, 0.25) is 0 Å². The molecule has 6 nitrogen and oxygen atoms in total. The fourth-order valence-corrected chi connectivity index (χ4v) is 3.10. The van der Waals surface area contributed by atoms with Gasteiger partial charge in [0.25, 0.3) is 0 Å². The number of carbonyl (C=O) groups excluding carboxylic acids is 1. The van der Waals surface area contributed by atoms with Crippen LogP contribution in [0.1, 0.15) is 65.7 Å². The molecule has 0 saturated carbocycles. The topological polar surface area (TPSA) is 66.0 Å². The van der Waals surface area contributed by atoms with Crippen LogP contribution in [0.15, 0.2) is 4.99 Å². The van der Waals surface area contributed by atoms with Gasteiger partial charge >= 0.3 is 5.97 Å². The molecule has 0 unspecified atom stereocenters. The third-order valence-electron chi connectivity index (χ3n) is 4.73. The molecule has 7 heteroatoms. The Morgan fingerprint density at radius 1 is 1.19 bits per heavy atom. The van der Waals surface area contributed by atoms with Crippen molar-refractivity contribution in [3.8, 4) is 0 Å². The average Bonchev–Trinajstić information content (AvgIpc) is 2.61. The summed E-state index contributed by atoms with van der Waals surface area (Å²) in [6.45, 7) is 10.7. The molecule has 2 N–H and O–H groups in total. The summed E-state index contributed by atoms with van der Waals surface area (Å²) in [5.74, 6) is 0.834. The van der Waals surface area contributed by atoms with Gasteiger partial charge in [0.1, 0.15) is 0 Å². The zero-order valence-corrected chi connectivity index (χ0v) is 19.4. The SMILES string of the molecule is CCNC(=NCCCCCCC(=O)OC)NC1CCN(C(C)C)CC1.I. The maximum atomic E-state index is 11.0. The molecule has 0 atom stereocenters. The van der Waals surface area contributed by atoms with Crippen molar-refractivity contribution in [2.24, 2.45) is 4.99 Å². The number of ether oxygens (including phenoxy) is 1. The lowest BCUT2D eigenvalue weighted by molar-refractivity contribution is -0.140. The van der Waals surface area contributed by atoms with Crippen molar-refractivity contribution in [3.05, 3.63) is 0 Å². The molecule has 0 aromatic rings. The molecule has 0 spiro atoms. The highest BCUT2D eigenvalue weighted by atomic mass is 127. The van der Waals surface area contributed by atoms with E-state index in [1.165, 1.54) is 20.0 Å². The van der Waals surface area contributed by atoms with Crippen LogP contribution in [0.4, 0.5) is 0 Å². The second-order valence-corrected chi connectivity index (χ2v) is 7.05. The zero-order valence-electron chi connectivity index (χ0n) is 17.1. The lowest BCUT2D eigenvalue weighted by Crippen LogP contribution is -2.49. The number of nitrogens with zero attached hydrogens (tertiary/aromatic N) is 2. The largest absolute Gasteiger partial charge is 0.469 e. The van der Waals surface area contributed by atoms with Gasteiger partial charge in [0.05, 0.1) is 7.11 Å². The van der Waals surface area contributed by atoms with Crippen LogP contribution in [0.3, 0.4) is 0 Å². The predicted molar refractivity (Wildman–Crippen MR) is 119 cm³/mol. The predicted octanol–water partition coefficient (Wildman–Crippen LogP) is 3.16. The first kappa shape index (κ1) is 25.4. The number of guanidine groups is 1. The van der Waals surface area contributed by atoms with Gasteiger partial charge in [-0.25, -0.2) is 0 Å². The van der Waals surface area contributed by atoms with E-state index in [1.807, 2.05) is 0 Å². The molecule has 1 heterocycles. The standard InChI is InChI=1S/C19H38N4O2.HI/c1-5-20-19(21-13-9-7-6-8-10-18(24)25-4)22-17-11-14-23(15-12-17)16(2)3;/h16-17H,5-15H2,1-4H3,(H2,20,21,22);1H. The van der Waals surface area contributed by atoms with Crippen molar-refractivity contribution < 1.29 is 9.53 Å². The van der Waals surface area contributed by atoms with E-state index in [-0.39, 0.29) is 29.9 Å². The minimum Gasteiger partial charge on any atom is -0.469 e. The highest BCUT2D eigenvalue weighted by Gasteiger charge is 2.21. The number of piperidine rings is 1. The maximum Gasteiger partial charge on any atom is 0.305 e. The Morgan fingerprint density at radius 3 is 2.42 bits per heavy atom. The Morgan fingerprint density at radius 2 is 1.85 bits per heavy atom. The van der Waals surface area contributed by atoms with Crippen LogP contribution in [0, 0.1) is 0 Å². The summed E-state index contributed by atoms with van der Waals surface area (Å²) < 4.78 is 4.65. The lowest BCUT2D eigenvalue weighted by Gasteiger charge is -2.35. The lowest BCUT2D eigenvalue weighted by atomic mass is 10.0. The van der Waals surface area contributed by atoms with Crippen LogP contribution in [-0.4, -0.2) is 62.2 Å². The molecule has 154 valence electrons. The summed E-state index contributed by atoms with van der Waals surface area (Å²) >= 11 is 0. The van der Waals surface area contributed by atoms with Crippen LogP contribution in [0.5, 0.6) is 0 Å². The third kappa shape index (κ3) is 11.2. The van der Waals surface area contributed by atoms with Gasteiger partial charge in [-0.3, -0.25) is 9.79 Å². The molecule has 0 aromatic heterocycles. The van der Waals surface area contributed by atoms with E-state index < -0.39 is 0 Å². The number of aliphatic imine (C=N–C) groups is 1. The molecule has 0 amide bonds. The summed E-state index contributed by atoms with van der Waals surface area (Å²) in [4.78, 5) is 18.3. The molecule has 0 aliphatic carbocycles. The van der Waals surface area contributed by atoms with Crippen LogP contribution >= 0.6 is 24.0 Å². The van der Waals surface area contributed by atoms with E-state index in [1.54, 1.807) is 0 Å². The van der Waals surface area contributed by atoms with Crippen molar-refractivity contribution in [1.82, 2.24) is 15.5 Å². The number of esters is 1. The molecule has 0 aromatic carbocycles. The molecular weight excluding hydrogens is 443 g/mol. The molecule has 0 radical (unpaired) electrons. The summed E-state index contributed by atoms with van der Waals surface area (Å²) in [6.07, 6.45) is 7.01. The highest BCUT2D eigenvalue weighted by Crippen LogP contribution is 2.12. The van der Waals surface area contributed by atoms with Crippen molar-refractivity contribution in [1.29, 1.82) is 0 Å². The monoisotopic (exact) mass is 482 g/mol. The van der Waals surface area contributed by atoms with Crippen LogP contribution in [0.25, 0.3) is 0 Å². The van der Waals surface area contributed by atoms with Gasteiger partial charge in [-0.05, 0) is 46.5 Å². The van der Waals surface area contributed by atoms with Gasteiger partial charge in [0.2, 0.25) is 0 Å². The number of nitrogens with one attached hydrogen (secondary N) is 2. The Hall–Kier alpha value is -0.570. The summed E-state index contributed by atoms with van der Waals surface area (Å²) in [6, 6.07) is 1.16. The molecule has 1 aliphatic rings. The van der Waals surface area contributed by atoms with Crippen molar-refractivity contribution in [3.63, 3.8) is 0 Å². The summed E-state index contributed by atoms with van der Waals surface area (Å²) in [5.41, 5.74) is 0. The molecule has 1 rings (SSSR count). The number of carbonyl (C=O) groups is 1. The van der Waals surface area contributed by atoms with Gasteiger partial charge in [-0.2, -0.15) is 0 Å². The fraction of sp³-hybridized carbons (Fsp3) is 0.895. The Labute approximate surface area is 176 Å². The van der Waals surface area contributed by atoms with Gasteiger partial charge in [-0.15, -0.1) is 24.0 Å². The fourth-order valence-electron chi connectivity index (χ4n) is 3.10. The minimum absolute atomic E-state index is 0. The van der Waals surface area contributed by atoms with Crippen molar-refractivity contribution >= 4 is 35.9 Å². The van der Waals surface area contributed by atoms with Gasteiger partial charge < -0.3 is 20.3 Å². The zero-order chi connectivity index (χ0) is 18.5. The highest BCUT2D eigenvalue weighted by molar-refractivity contribution is 14.0. The minimum atomic E-state index is -0.111. The smallest absolute Gasteiger partial charge is 0.305 e. The van der Waals surface area contributed by atoms with Crippen LogP contribution < -0.4 is 10.6 Å². The Bertz CT molecular complexity index is 397. The van der Waals surface area contributed by atoms with Crippen molar-refractivity contribution in [2.75, 3.05) is 33.3 Å². The number of hydrogen-bond acceptors (Lipinski definition) is 4. The molecule has 1 saturated heterocycles. The first-order valence-corrected chi connectivity index (χ1v) is 9.92. The van der Waals surface area contributed by atoms with Crippen molar-refractivity contribution in [2.45, 2.75) is 77.8 Å². The summed E-state index contributed by atoms with van der Waals surface area (Å²) in [5, 5.41) is 6.94. The molecule has 1 aliphatic heterocycles. The van der Waals surface area contributed by atoms with Gasteiger partial charge in [0.15, 0.2) is 5.96 Å². The molecule has 1 fully saturated rings. The number of halogens is 1.